The van der Waals surface area contributed by atoms with Crippen LogP contribution in [0.1, 0.15) is 39.5 Å². The lowest BCUT2D eigenvalue weighted by molar-refractivity contribution is -0.160. The van der Waals surface area contributed by atoms with E-state index in [9.17, 15) is 9.90 Å². The van der Waals surface area contributed by atoms with Crippen LogP contribution in [0, 0.1) is 5.92 Å². The van der Waals surface area contributed by atoms with E-state index in [1.165, 1.54) is 0 Å². The third-order valence-electron chi connectivity index (χ3n) is 3.26. The molecule has 1 amide bonds. The van der Waals surface area contributed by atoms with Crippen molar-refractivity contribution in [3.63, 3.8) is 0 Å². The Morgan fingerprint density at radius 2 is 2.19 bits per heavy atom. The molecule has 1 atom stereocenters. The van der Waals surface area contributed by atoms with Crippen LogP contribution >= 0.6 is 0 Å². The highest BCUT2D eigenvalue weighted by molar-refractivity contribution is 5.79. The van der Waals surface area contributed by atoms with Crippen molar-refractivity contribution in [3.8, 4) is 0 Å². The molecular formula is C12H24N2O2. The molecule has 4 nitrogen and oxygen atoms in total. The van der Waals surface area contributed by atoms with Gasteiger partial charge in [-0.1, -0.05) is 20.3 Å². The van der Waals surface area contributed by atoms with Crippen LogP contribution in [0.2, 0.25) is 0 Å². The van der Waals surface area contributed by atoms with Crippen molar-refractivity contribution in [2.24, 2.45) is 11.7 Å². The van der Waals surface area contributed by atoms with Gasteiger partial charge in [-0.05, 0) is 25.8 Å². The summed E-state index contributed by atoms with van der Waals surface area (Å²) in [4.78, 5) is 13.7. The van der Waals surface area contributed by atoms with Crippen molar-refractivity contribution in [2.75, 3.05) is 19.6 Å². The minimum atomic E-state index is -0.613. The Hall–Kier alpha value is -0.610. The standard InChI is InChI=1S/C12H24N2O2/c1-3-6-12(16)8-14(9-12)11(15)10(2)5-4-7-13/h10,16H,3-9,13H2,1-2H3. The molecule has 1 heterocycles. The topological polar surface area (TPSA) is 66.6 Å². The van der Waals surface area contributed by atoms with Crippen LogP contribution < -0.4 is 5.73 Å². The van der Waals surface area contributed by atoms with E-state index in [1.807, 2.05) is 13.8 Å². The Morgan fingerprint density at radius 3 is 2.69 bits per heavy atom. The van der Waals surface area contributed by atoms with Gasteiger partial charge in [-0.2, -0.15) is 0 Å². The van der Waals surface area contributed by atoms with Gasteiger partial charge < -0.3 is 15.7 Å². The fourth-order valence-corrected chi connectivity index (χ4v) is 2.30. The first kappa shape index (κ1) is 13.5. The Morgan fingerprint density at radius 1 is 1.56 bits per heavy atom. The molecule has 1 fully saturated rings. The van der Waals surface area contributed by atoms with Crippen molar-refractivity contribution < 1.29 is 9.90 Å². The summed E-state index contributed by atoms with van der Waals surface area (Å²) in [7, 11) is 0. The summed E-state index contributed by atoms with van der Waals surface area (Å²) in [5.41, 5.74) is 4.80. The highest BCUT2D eigenvalue weighted by atomic mass is 16.3. The van der Waals surface area contributed by atoms with Gasteiger partial charge in [-0.3, -0.25) is 4.79 Å². The van der Waals surface area contributed by atoms with E-state index < -0.39 is 5.60 Å². The second-order valence-corrected chi connectivity index (χ2v) is 5.00. The third kappa shape index (κ3) is 3.19. The van der Waals surface area contributed by atoms with Gasteiger partial charge in [0.05, 0.1) is 18.7 Å². The van der Waals surface area contributed by atoms with Crippen LogP contribution in [0.25, 0.3) is 0 Å². The Kier molecular flexibility index (Phi) is 4.74. The van der Waals surface area contributed by atoms with Gasteiger partial charge in [0.15, 0.2) is 0 Å². The number of β-amino-alcohol motifs (C(OH)–C–C–N with tert-alkyl or cyclic N) is 1. The van der Waals surface area contributed by atoms with E-state index in [0.29, 0.717) is 19.6 Å². The van der Waals surface area contributed by atoms with Crippen LogP contribution in [-0.2, 0) is 4.79 Å². The maximum Gasteiger partial charge on any atom is 0.225 e. The summed E-state index contributed by atoms with van der Waals surface area (Å²) in [6, 6.07) is 0. The molecule has 0 saturated carbocycles. The lowest BCUT2D eigenvalue weighted by Gasteiger charge is -2.47. The lowest BCUT2D eigenvalue weighted by Crippen LogP contribution is -2.64. The SMILES string of the molecule is CCCC1(O)CN(C(=O)C(C)CCCN)C1. The second-order valence-electron chi connectivity index (χ2n) is 5.00. The predicted molar refractivity (Wildman–Crippen MR) is 63.9 cm³/mol. The molecule has 3 N–H and O–H groups in total. The van der Waals surface area contributed by atoms with E-state index >= 15 is 0 Å². The smallest absolute Gasteiger partial charge is 0.225 e. The van der Waals surface area contributed by atoms with Crippen LogP contribution in [0.5, 0.6) is 0 Å². The molecule has 0 aromatic carbocycles. The first-order chi connectivity index (χ1) is 7.52. The zero-order chi connectivity index (χ0) is 12.2. The minimum absolute atomic E-state index is 0.0368. The fraction of sp³-hybridized carbons (Fsp3) is 0.917. The molecule has 0 radical (unpaired) electrons. The first-order valence-electron chi connectivity index (χ1n) is 6.23. The second kappa shape index (κ2) is 5.64. The van der Waals surface area contributed by atoms with Gasteiger partial charge >= 0.3 is 0 Å². The average molecular weight is 228 g/mol. The van der Waals surface area contributed by atoms with Crippen molar-refractivity contribution in [1.29, 1.82) is 0 Å². The molecule has 0 spiro atoms. The maximum atomic E-state index is 11.9. The quantitative estimate of drug-likeness (QED) is 0.704. The Balaban J connectivity index is 2.30. The minimum Gasteiger partial charge on any atom is -0.386 e. The molecule has 4 heteroatoms. The average Bonchev–Trinajstić information content (AvgIpc) is 2.21. The molecule has 1 aliphatic rings. The number of nitrogens with two attached hydrogens (primary N) is 1. The number of aliphatic hydroxyl groups is 1. The molecule has 1 unspecified atom stereocenters. The number of amides is 1. The van der Waals surface area contributed by atoms with Gasteiger partial charge in [0, 0.05) is 5.92 Å². The number of rotatable bonds is 6. The molecule has 0 aliphatic carbocycles. The van der Waals surface area contributed by atoms with Crippen molar-refractivity contribution >= 4 is 5.91 Å². The molecule has 1 rings (SSSR count). The third-order valence-corrected chi connectivity index (χ3v) is 3.26. The number of hydrogen-bond donors (Lipinski definition) is 2. The molecule has 94 valence electrons. The lowest BCUT2D eigenvalue weighted by atomic mass is 9.88. The number of likely N-dealkylation sites (tertiary alicyclic amines) is 1. The summed E-state index contributed by atoms with van der Waals surface area (Å²) < 4.78 is 0. The van der Waals surface area contributed by atoms with E-state index in [0.717, 1.165) is 25.7 Å². The van der Waals surface area contributed by atoms with Crippen molar-refractivity contribution in [3.05, 3.63) is 0 Å². The summed E-state index contributed by atoms with van der Waals surface area (Å²) in [5.74, 6) is 0.198. The van der Waals surface area contributed by atoms with Crippen LogP contribution in [-0.4, -0.2) is 41.1 Å². The molecule has 0 aromatic rings. The van der Waals surface area contributed by atoms with Gasteiger partial charge in [0.2, 0.25) is 5.91 Å². The Labute approximate surface area is 97.8 Å². The molecule has 1 aliphatic heterocycles. The number of hydrogen-bond acceptors (Lipinski definition) is 3. The number of carbonyl (C=O) groups is 1. The molecular weight excluding hydrogens is 204 g/mol. The highest BCUT2D eigenvalue weighted by Crippen LogP contribution is 2.27. The molecule has 0 aromatic heterocycles. The van der Waals surface area contributed by atoms with Crippen LogP contribution in [0.4, 0.5) is 0 Å². The first-order valence-corrected chi connectivity index (χ1v) is 6.23. The van der Waals surface area contributed by atoms with Crippen LogP contribution in [0.3, 0.4) is 0 Å². The fourth-order valence-electron chi connectivity index (χ4n) is 2.30. The number of carbonyl (C=O) groups excluding carboxylic acids is 1. The van der Waals surface area contributed by atoms with E-state index in [4.69, 9.17) is 5.73 Å². The van der Waals surface area contributed by atoms with E-state index in [-0.39, 0.29) is 11.8 Å². The van der Waals surface area contributed by atoms with E-state index in [2.05, 4.69) is 0 Å². The maximum absolute atomic E-state index is 11.9. The number of nitrogens with zero attached hydrogens (tertiary/aromatic N) is 1. The van der Waals surface area contributed by atoms with Gasteiger partial charge in [0.1, 0.15) is 0 Å². The molecule has 16 heavy (non-hydrogen) atoms. The van der Waals surface area contributed by atoms with Gasteiger partial charge in [-0.15, -0.1) is 0 Å². The van der Waals surface area contributed by atoms with E-state index in [1.54, 1.807) is 4.90 Å². The van der Waals surface area contributed by atoms with Crippen molar-refractivity contribution in [1.82, 2.24) is 4.90 Å². The summed E-state index contributed by atoms with van der Waals surface area (Å²) >= 11 is 0. The van der Waals surface area contributed by atoms with Crippen LogP contribution in [0.15, 0.2) is 0 Å². The largest absolute Gasteiger partial charge is 0.386 e. The van der Waals surface area contributed by atoms with Crippen molar-refractivity contribution in [2.45, 2.75) is 45.1 Å². The zero-order valence-corrected chi connectivity index (χ0v) is 10.4. The molecule has 1 saturated heterocycles. The summed E-state index contributed by atoms with van der Waals surface area (Å²) in [6.07, 6.45) is 3.48. The zero-order valence-electron chi connectivity index (χ0n) is 10.4. The normalized spacial score (nSPS) is 20.4. The summed E-state index contributed by atoms with van der Waals surface area (Å²) in [5, 5.41) is 9.97. The highest BCUT2D eigenvalue weighted by Gasteiger charge is 2.43. The Bertz CT molecular complexity index is 237. The van der Waals surface area contributed by atoms with Gasteiger partial charge in [0.25, 0.3) is 0 Å². The molecule has 0 bridgehead atoms. The van der Waals surface area contributed by atoms with Gasteiger partial charge in [-0.25, -0.2) is 0 Å². The summed E-state index contributed by atoms with van der Waals surface area (Å²) in [6.45, 7) is 5.64. The monoisotopic (exact) mass is 228 g/mol. The predicted octanol–water partition coefficient (Wildman–Crippen LogP) is 0.735.